The maximum atomic E-state index is 8.48. The van der Waals surface area contributed by atoms with Crippen LogP contribution in [0.3, 0.4) is 0 Å². The SMILES string of the molecule is CCCN1CCC(=NO)CC1.CCNCC. The lowest BCUT2D eigenvalue weighted by molar-refractivity contribution is 0.263. The summed E-state index contributed by atoms with van der Waals surface area (Å²) in [6.45, 7) is 11.9. The average Bonchev–Trinajstić information content (AvgIpc) is 2.32. The van der Waals surface area contributed by atoms with Crippen molar-refractivity contribution in [3.63, 3.8) is 0 Å². The molecule has 0 amide bonds. The lowest BCUT2D eigenvalue weighted by atomic mass is 10.1. The molecule has 0 aromatic heterocycles. The van der Waals surface area contributed by atoms with Crippen LogP contribution in [0.5, 0.6) is 0 Å². The lowest BCUT2D eigenvalue weighted by Crippen LogP contribution is -2.34. The van der Waals surface area contributed by atoms with Crippen molar-refractivity contribution in [1.29, 1.82) is 0 Å². The Morgan fingerprint density at radius 3 is 2.06 bits per heavy atom. The Morgan fingerprint density at radius 1 is 1.19 bits per heavy atom. The van der Waals surface area contributed by atoms with Gasteiger partial charge in [-0.1, -0.05) is 25.9 Å². The van der Waals surface area contributed by atoms with Gasteiger partial charge in [0, 0.05) is 25.9 Å². The minimum Gasteiger partial charge on any atom is -0.411 e. The van der Waals surface area contributed by atoms with Gasteiger partial charge in [0.2, 0.25) is 0 Å². The Bertz CT molecular complexity index is 171. The van der Waals surface area contributed by atoms with Crippen molar-refractivity contribution < 1.29 is 5.21 Å². The van der Waals surface area contributed by atoms with Crippen molar-refractivity contribution in [3.05, 3.63) is 0 Å². The molecule has 1 aliphatic heterocycles. The summed E-state index contributed by atoms with van der Waals surface area (Å²) in [4.78, 5) is 2.41. The number of hydrogen-bond acceptors (Lipinski definition) is 4. The number of oxime groups is 1. The molecule has 1 fully saturated rings. The standard InChI is InChI=1S/C8H16N2O.C4H11N/c1-2-5-10-6-3-8(9-11)4-7-10;1-3-5-4-2/h11H,2-7H2,1H3;5H,3-4H2,1-2H3. The summed E-state index contributed by atoms with van der Waals surface area (Å²) in [5.41, 5.74) is 0.956. The second kappa shape index (κ2) is 10.9. The number of rotatable bonds is 4. The molecular weight excluding hydrogens is 202 g/mol. The van der Waals surface area contributed by atoms with Crippen LogP contribution in [0.15, 0.2) is 5.16 Å². The summed E-state index contributed by atoms with van der Waals surface area (Å²) in [6, 6.07) is 0. The van der Waals surface area contributed by atoms with E-state index in [9.17, 15) is 0 Å². The molecule has 0 spiro atoms. The molecule has 0 radical (unpaired) electrons. The van der Waals surface area contributed by atoms with E-state index in [1.54, 1.807) is 0 Å². The van der Waals surface area contributed by atoms with Crippen LogP contribution in [0.25, 0.3) is 0 Å². The predicted molar refractivity (Wildman–Crippen MR) is 69.4 cm³/mol. The number of hydrogen-bond donors (Lipinski definition) is 2. The van der Waals surface area contributed by atoms with Crippen LogP contribution in [0.4, 0.5) is 0 Å². The third-order valence-corrected chi connectivity index (χ3v) is 2.61. The zero-order valence-electron chi connectivity index (χ0n) is 11.0. The summed E-state index contributed by atoms with van der Waals surface area (Å²) in [6.07, 6.45) is 3.10. The largest absolute Gasteiger partial charge is 0.411 e. The Hall–Kier alpha value is -0.610. The summed E-state index contributed by atoms with van der Waals surface area (Å²) in [7, 11) is 0. The van der Waals surface area contributed by atoms with Crippen LogP contribution < -0.4 is 5.32 Å². The van der Waals surface area contributed by atoms with Gasteiger partial charge in [0.15, 0.2) is 0 Å². The Labute approximate surface area is 99.7 Å². The Morgan fingerprint density at radius 2 is 1.75 bits per heavy atom. The van der Waals surface area contributed by atoms with Crippen molar-refractivity contribution in [3.8, 4) is 0 Å². The monoisotopic (exact) mass is 229 g/mol. The van der Waals surface area contributed by atoms with Crippen LogP contribution in [-0.2, 0) is 0 Å². The number of likely N-dealkylation sites (tertiary alicyclic amines) is 1. The van der Waals surface area contributed by atoms with Gasteiger partial charge in [-0.15, -0.1) is 0 Å². The lowest BCUT2D eigenvalue weighted by Gasteiger charge is -2.26. The highest BCUT2D eigenvalue weighted by Gasteiger charge is 2.13. The number of nitrogens with one attached hydrogen (secondary N) is 1. The van der Waals surface area contributed by atoms with Crippen LogP contribution in [0, 0.1) is 0 Å². The van der Waals surface area contributed by atoms with Crippen molar-refractivity contribution in [2.45, 2.75) is 40.0 Å². The molecule has 0 aromatic rings. The summed E-state index contributed by atoms with van der Waals surface area (Å²) in [5, 5.41) is 14.8. The molecule has 0 bridgehead atoms. The molecule has 0 aliphatic carbocycles. The van der Waals surface area contributed by atoms with Gasteiger partial charge < -0.3 is 15.4 Å². The molecule has 4 heteroatoms. The van der Waals surface area contributed by atoms with E-state index in [-0.39, 0.29) is 0 Å². The summed E-state index contributed by atoms with van der Waals surface area (Å²) < 4.78 is 0. The second-order valence-electron chi connectivity index (χ2n) is 3.96. The van der Waals surface area contributed by atoms with E-state index < -0.39 is 0 Å². The molecule has 1 rings (SSSR count). The van der Waals surface area contributed by atoms with E-state index in [0.29, 0.717) is 0 Å². The minimum absolute atomic E-state index is 0.941. The highest BCUT2D eigenvalue weighted by molar-refractivity contribution is 5.84. The van der Waals surface area contributed by atoms with Crippen molar-refractivity contribution in [2.24, 2.45) is 5.16 Å². The molecule has 0 saturated carbocycles. The third kappa shape index (κ3) is 7.65. The van der Waals surface area contributed by atoms with E-state index in [0.717, 1.165) is 44.7 Å². The molecule has 0 aromatic carbocycles. The van der Waals surface area contributed by atoms with E-state index in [1.165, 1.54) is 13.0 Å². The molecule has 96 valence electrons. The van der Waals surface area contributed by atoms with E-state index in [4.69, 9.17) is 5.21 Å². The van der Waals surface area contributed by atoms with E-state index in [2.05, 4.69) is 36.1 Å². The molecule has 16 heavy (non-hydrogen) atoms. The van der Waals surface area contributed by atoms with Crippen LogP contribution in [0.1, 0.15) is 40.0 Å². The van der Waals surface area contributed by atoms with E-state index in [1.807, 2.05) is 0 Å². The highest BCUT2D eigenvalue weighted by Crippen LogP contribution is 2.06. The first-order valence-corrected chi connectivity index (χ1v) is 6.41. The van der Waals surface area contributed by atoms with Gasteiger partial charge in [0.1, 0.15) is 0 Å². The predicted octanol–water partition coefficient (Wildman–Crippen LogP) is 1.94. The fraction of sp³-hybridized carbons (Fsp3) is 0.917. The molecule has 0 atom stereocenters. The van der Waals surface area contributed by atoms with Gasteiger partial charge in [0.05, 0.1) is 5.71 Å². The van der Waals surface area contributed by atoms with Gasteiger partial charge in [-0.3, -0.25) is 0 Å². The first-order chi connectivity index (χ1) is 7.78. The average molecular weight is 229 g/mol. The normalized spacial score (nSPS) is 16.6. The summed E-state index contributed by atoms with van der Waals surface area (Å²) >= 11 is 0. The quantitative estimate of drug-likeness (QED) is 0.572. The fourth-order valence-electron chi connectivity index (χ4n) is 1.70. The first kappa shape index (κ1) is 15.4. The van der Waals surface area contributed by atoms with E-state index >= 15 is 0 Å². The maximum absolute atomic E-state index is 8.48. The zero-order valence-corrected chi connectivity index (χ0v) is 11.0. The maximum Gasteiger partial charge on any atom is 0.0596 e. The van der Waals surface area contributed by atoms with Crippen molar-refractivity contribution in [2.75, 3.05) is 32.7 Å². The highest BCUT2D eigenvalue weighted by atomic mass is 16.4. The van der Waals surface area contributed by atoms with Crippen LogP contribution in [-0.4, -0.2) is 48.5 Å². The number of nitrogens with zero attached hydrogens (tertiary/aromatic N) is 2. The first-order valence-electron chi connectivity index (χ1n) is 6.41. The molecule has 0 unspecified atom stereocenters. The minimum atomic E-state index is 0.941. The molecule has 1 aliphatic rings. The second-order valence-corrected chi connectivity index (χ2v) is 3.96. The van der Waals surface area contributed by atoms with Crippen LogP contribution >= 0.6 is 0 Å². The molecule has 4 nitrogen and oxygen atoms in total. The van der Waals surface area contributed by atoms with Crippen LogP contribution in [0.2, 0.25) is 0 Å². The third-order valence-electron chi connectivity index (χ3n) is 2.61. The zero-order chi connectivity index (χ0) is 12.2. The number of piperidine rings is 1. The smallest absolute Gasteiger partial charge is 0.0596 e. The Kier molecular flexibility index (Phi) is 10.5. The van der Waals surface area contributed by atoms with Gasteiger partial charge in [-0.25, -0.2) is 0 Å². The topological polar surface area (TPSA) is 47.9 Å². The van der Waals surface area contributed by atoms with Gasteiger partial charge in [-0.05, 0) is 26.1 Å². The Balaban J connectivity index is 0.000000385. The molecule has 2 N–H and O–H groups in total. The van der Waals surface area contributed by atoms with Gasteiger partial charge in [-0.2, -0.15) is 0 Å². The molecule has 1 heterocycles. The molecule has 1 saturated heterocycles. The van der Waals surface area contributed by atoms with Gasteiger partial charge >= 0.3 is 0 Å². The van der Waals surface area contributed by atoms with Crippen molar-refractivity contribution in [1.82, 2.24) is 10.2 Å². The summed E-state index contributed by atoms with van der Waals surface area (Å²) in [5.74, 6) is 0. The van der Waals surface area contributed by atoms with Crippen molar-refractivity contribution >= 4 is 5.71 Å². The fourth-order valence-corrected chi connectivity index (χ4v) is 1.70. The van der Waals surface area contributed by atoms with Gasteiger partial charge in [0.25, 0.3) is 0 Å². The molecular formula is C12H27N3O.